The van der Waals surface area contributed by atoms with Gasteiger partial charge < -0.3 is 19.5 Å². The topological polar surface area (TPSA) is 73.9 Å². The van der Waals surface area contributed by atoms with E-state index in [1.807, 2.05) is 13.8 Å². The number of ether oxygens (including phenoxy) is 3. The minimum absolute atomic E-state index is 0.0220. The summed E-state index contributed by atoms with van der Waals surface area (Å²) in [5.41, 5.74) is 0.457. The van der Waals surface area contributed by atoms with Crippen LogP contribution in [0.1, 0.15) is 24.2 Å². The maximum Gasteiger partial charge on any atom is 0.348 e. The molecule has 1 amide bonds. The molecular weight excluding hydrogens is 414 g/mol. The summed E-state index contributed by atoms with van der Waals surface area (Å²) in [7, 11) is 1.27. The van der Waals surface area contributed by atoms with Crippen LogP contribution in [0.3, 0.4) is 0 Å². The zero-order valence-electron chi connectivity index (χ0n) is 15.4. The highest BCUT2D eigenvalue weighted by molar-refractivity contribution is 9.10. The van der Waals surface area contributed by atoms with E-state index in [4.69, 9.17) is 14.2 Å². The Balaban J connectivity index is 1.97. The quantitative estimate of drug-likeness (QED) is 0.641. The molecular formula is C20H22BrNO5. The lowest BCUT2D eigenvalue weighted by atomic mass is 10.2. The summed E-state index contributed by atoms with van der Waals surface area (Å²) >= 11 is 3.33. The Morgan fingerprint density at radius 3 is 2.07 bits per heavy atom. The Morgan fingerprint density at radius 1 is 0.963 bits per heavy atom. The highest BCUT2D eigenvalue weighted by Crippen LogP contribution is 2.18. The van der Waals surface area contributed by atoms with E-state index >= 15 is 0 Å². The van der Waals surface area contributed by atoms with Crippen molar-refractivity contribution in [2.45, 2.75) is 26.1 Å². The maximum absolute atomic E-state index is 12.3. The molecule has 0 spiro atoms. The molecule has 0 saturated carbocycles. The highest BCUT2D eigenvalue weighted by Gasteiger charge is 2.22. The summed E-state index contributed by atoms with van der Waals surface area (Å²) in [5, 5.41) is 2.69. The van der Waals surface area contributed by atoms with Crippen molar-refractivity contribution in [2.24, 2.45) is 0 Å². The van der Waals surface area contributed by atoms with E-state index in [0.717, 1.165) is 4.47 Å². The first kappa shape index (κ1) is 20.8. The average molecular weight is 436 g/mol. The van der Waals surface area contributed by atoms with Crippen molar-refractivity contribution >= 4 is 27.8 Å². The van der Waals surface area contributed by atoms with Gasteiger partial charge in [0.1, 0.15) is 11.5 Å². The zero-order valence-corrected chi connectivity index (χ0v) is 17.0. The molecule has 0 unspecified atom stereocenters. The third kappa shape index (κ3) is 6.60. The van der Waals surface area contributed by atoms with Gasteiger partial charge in [-0.15, -0.1) is 0 Å². The summed E-state index contributed by atoms with van der Waals surface area (Å²) in [6.45, 7) is 3.84. The minimum atomic E-state index is -0.955. The predicted octanol–water partition coefficient (Wildman–Crippen LogP) is 3.59. The van der Waals surface area contributed by atoms with E-state index in [1.165, 1.54) is 7.11 Å². The summed E-state index contributed by atoms with van der Waals surface area (Å²) in [6, 6.07) is 13.8. The molecule has 0 saturated heterocycles. The normalized spacial score (nSPS) is 11.6. The average Bonchev–Trinajstić information content (AvgIpc) is 2.66. The molecule has 2 aromatic rings. The van der Waals surface area contributed by atoms with Gasteiger partial charge in [-0.1, -0.05) is 15.9 Å². The first-order chi connectivity index (χ1) is 12.9. The van der Waals surface area contributed by atoms with Crippen LogP contribution in [0.4, 0.5) is 0 Å². The number of amides is 1. The van der Waals surface area contributed by atoms with Crippen LogP contribution < -0.4 is 14.8 Å². The predicted molar refractivity (Wildman–Crippen MR) is 105 cm³/mol. The summed E-state index contributed by atoms with van der Waals surface area (Å²) in [4.78, 5) is 24.3. The summed E-state index contributed by atoms with van der Waals surface area (Å²) in [5.74, 6) is 0.295. The van der Waals surface area contributed by atoms with E-state index in [0.29, 0.717) is 17.1 Å². The standard InChI is InChI=1S/C20H22BrNO5/c1-13(2)26-16-8-4-14(5-9-16)19(23)22-12-18(20(24)25-3)27-17-10-6-15(21)7-11-17/h4-11,13,18H,12H2,1-3H3,(H,22,23)/t18-/m1/s1. The van der Waals surface area contributed by atoms with E-state index < -0.39 is 12.1 Å². The molecule has 7 heteroatoms. The van der Waals surface area contributed by atoms with Gasteiger partial charge in [0.05, 0.1) is 19.8 Å². The Bertz CT molecular complexity index is 759. The van der Waals surface area contributed by atoms with E-state index in [1.54, 1.807) is 48.5 Å². The fourth-order valence-corrected chi connectivity index (χ4v) is 2.49. The number of halogens is 1. The lowest BCUT2D eigenvalue weighted by molar-refractivity contribution is -0.148. The smallest absolute Gasteiger partial charge is 0.348 e. The van der Waals surface area contributed by atoms with Gasteiger partial charge in [-0.25, -0.2) is 4.79 Å². The number of benzene rings is 2. The summed E-state index contributed by atoms with van der Waals surface area (Å²) < 4.78 is 16.8. The molecule has 144 valence electrons. The zero-order chi connectivity index (χ0) is 19.8. The lowest BCUT2D eigenvalue weighted by Crippen LogP contribution is -2.41. The minimum Gasteiger partial charge on any atom is -0.491 e. The van der Waals surface area contributed by atoms with Gasteiger partial charge in [0.2, 0.25) is 6.10 Å². The molecule has 2 aromatic carbocycles. The number of carbonyl (C=O) groups is 2. The number of carbonyl (C=O) groups excluding carboxylic acids is 2. The number of rotatable bonds is 8. The third-order valence-electron chi connectivity index (χ3n) is 3.49. The van der Waals surface area contributed by atoms with Crippen molar-refractivity contribution in [3.8, 4) is 11.5 Å². The van der Waals surface area contributed by atoms with Crippen molar-refractivity contribution in [1.82, 2.24) is 5.32 Å². The van der Waals surface area contributed by atoms with Gasteiger partial charge in [0, 0.05) is 10.0 Å². The Hall–Kier alpha value is -2.54. The van der Waals surface area contributed by atoms with Gasteiger partial charge in [0.25, 0.3) is 5.91 Å². The van der Waals surface area contributed by atoms with Crippen molar-refractivity contribution in [3.63, 3.8) is 0 Å². The number of esters is 1. The lowest BCUT2D eigenvalue weighted by Gasteiger charge is -2.17. The molecule has 0 bridgehead atoms. The third-order valence-corrected chi connectivity index (χ3v) is 4.02. The second kappa shape index (κ2) is 9.97. The molecule has 0 fully saturated rings. The summed E-state index contributed by atoms with van der Waals surface area (Å²) in [6.07, 6.45) is -0.898. The fourth-order valence-electron chi connectivity index (χ4n) is 2.23. The Morgan fingerprint density at radius 2 is 1.52 bits per heavy atom. The molecule has 1 N–H and O–H groups in total. The van der Waals surface area contributed by atoms with E-state index in [2.05, 4.69) is 21.2 Å². The van der Waals surface area contributed by atoms with E-state index in [-0.39, 0.29) is 18.6 Å². The first-order valence-electron chi connectivity index (χ1n) is 8.44. The molecule has 0 aliphatic heterocycles. The molecule has 27 heavy (non-hydrogen) atoms. The van der Waals surface area contributed by atoms with Gasteiger partial charge in [-0.2, -0.15) is 0 Å². The van der Waals surface area contributed by atoms with Gasteiger partial charge >= 0.3 is 5.97 Å². The second-order valence-corrected chi connectivity index (χ2v) is 6.90. The fraction of sp³-hybridized carbons (Fsp3) is 0.300. The number of nitrogens with one attached hydrogen (secondary N) is 1. The van der Waals surface area contributed by atoms with Crippen molar-refractivity contribution in [2.75, 3.05) is 13.7 Å². The Labute approximate surface area is 166 Å². The second-order valence-electron chi connectivity index (χ2n) is 5.98. The maximum atomic E-state index is 12.3. The molecule has 2 rings (SSSR count). The molecule has 1 atom stereocenters. The van der Waals surface area contributed by atoms with Crippen LogP contribution in [0, 0.1) is 0 Å². The molecule has 0 aromatic heterocycles. The van der Waals surface area contributed by atoms with Gasteiger partial charge in [0.15, 0.2) is 0 Å². The van der Waals surface area contributed by atoms with Crippen LogP contribution in [-0.4, -0.2) is 37.7 Å². The largest absolute Gasteiger partial charge is 0.491 e. The number of hydrogen-bond donors (Lipinski definition) is 1. The van der Waals surface area contributed by atoms with Crippen LogP contribution in [0.25, 0.3) is 0 Å². The van der Waals surface area contributed by atoms with Gasteiger partial charge in [-0.3, -0.25) is 4.79 Å². The van der Waals surface area contributed by atoms with Crippen LogP contribution >= 0.6 is 15.9 Å². The monoisotopic (exact) mass is 435 g/mol. The molecule has 0 aliphatic rings. The molecule has 0 heterocycles. The first-order valence-corrected chi connectivity index (χ1v) is 9.23. The van der Waals surface area contributed by atoms with Crippen molar-refractivity contribution in [3.05, 3.63) is 58.6 Å². The number of methoxy groups -OCH3 is 1. The van der Waals surface area contributed by atoms with Crippen LogP contribution in [-0.2, 0) is 9.53 Å². The SMILES string of the molecule is COC(=O)[C@@H](CNC(=O)c1ccc(OC(C)C)cc1)Oc1ccc(Br)cc1. The molecule has 0 aliphatic carbocycles. The van der Waals surface area contributed by atoms with Gasteiger partial charge in [-0.05, 0) is 62.4 Å². The van der Waals surface area contributed by atoms with Crippen LogP contribution in [0.15, 0.2) is 53.0 Å². The van der Waals surface area contributed by atoms with E-state index in [9.17, 15) is 9.59 Å². The number of hydrogen-bond acceptors (Lipinski definition) is 5. The van der Waals surface area contributed by atoms with Crippen LogP contribution in [0.2, 0.25) is 0 Å². The molecule has 6 nitrogen and oxygen atoms in total. The van der Waals surface area contributed by atoms with Crippen LogP contribution in [0.5, 0.6) is 11.5 Å². The van der Waals surface area contributed by atoms with Crippen molar-refractivity contribution < 1.29 is 23.8 Å². The highest BCUT2D eigenvalue weighted by atomic mass is 79.9. The molecule has 0 radical (unpaired) electrons. The Kier molecular flexibility index (Phi) is 7.67. The van der Waals surface area contributed by atoms with Crippen molar-refractivity contribution in [1.29, 1.82) is 0 Å².